The van der Waals surface area contributed by atoms with Crippen molar-refractivity contribution in [2.45, 2.75) is 71.8 Å². The van der Waals surface area contributed by atoms with Crippen molar-refractivity contribution in [1.82, 2.24) is 14.5 Å². The van der Waals surface area contributed by atoms with Crippen molar-refractivity contribution < 1.29 is 0 Å². The number of nitrogens with zero attached hydrogens (tertiary/aromatic N) is 3. The highest BCUT2D eigenvalue weighted by Crippen LogP contribution is 2.51. The van der Waals surface area contributed by atoms with Crippen LogP contribution in [0.2, 0.25) is 5.15 Å². The second-order valence-electron chi connectivity index (χ2n) is 8.95. The summed E-state index contributed by atoms with van der Waals surface area (Å²) in [5.74, 6) is 1.62. The topological polar surface area (TPSA) is 59.8 Å². The number of nitrogens with one attached hydrogen (secondary N) is 1. The Bertz CT molecular complexity index is 915. The van der Waals surface area contributed by atoms with E-state index in [9.17, 15) is 4.79 Å². The maximum atomic E-state index is 13.2. The molecule has 0 aliphatic heterocycles. The van der Waals surface area contributed by atoms with E-state index in [4.69, 9.17) is 11.6 Å². The summed E-state index contributed by atoms with van der Waals surface area (Å²) in [6, 6.07) is 3.72. The van der Waals surface area contributed by atoms with E-state index >= 15 is 0 Å². The van der Waals surface area contributed by atoms with E-state index in [0.717, 1.165) is 12.1 Å². The van der Waals surface area contributed by atoms with Crippen LogP contribution in [0.4, 0.5) is 5.82 Å². The van der Waals surface area contributed by atoms with Crippen LogP contribution in [-0.4, -0.2) is 21.1 Å². The monoisotopic (exact) mass is 402 g/mol. The van der Waals surface area contributed by atoms with Gasteiger partial charge in [0.25, 0.3) is 5.56 Å². The van der Waals surface area contributed by atoms with Gasteiger partial charge in [-0.05, 0) is 68.4 Å². The maximum Gasteiger partial charge on any atom is 0.295 e. The number of halogens is 1. The Morgan fingerprint density at radius 1 is 1.29 bits per heavy atom. The molecule has 4 rings (SSSR count). The van der Waals surface area contributed by atoms with Crippen LogP contribution in [0.3, 0.4) is 0 Å². The van der Waals surface area contributed by atoms with E-state index in [1.165, 1.54) is 44.9 Å². The summed E-state index contributed by atoms with van der Waals surface area (Å²) in [7, 11) is 0. The molecule has 1 unspecified atom stereocenters. The predicted octanol–water partition coefficient (Wildman–Crippen LogP) is 5.43. The zero-order valence-electron chi connectivity index (χ0n) is 17.2. The van der Waals surface area contributed by atoms with E-state index < -0.39 is 0 Å². The number of hydrogen-bond donors (Lipinski definition) is 1. The molecule has 1 atom stereocenters. The molecule has 2 fully saturated rings. The largest absolute Gasteiger partial charge is 0.365 e. The Kier molecular flexibility index (Phi) is 5.38. The Morgan fingerprint density at radius 3 is 2.68 bits per heavy atom. The third-order valence-electron chi connectivity index (χ3n) is 6.95. The molecule has 2 aromatic rings. The Hall–Kier alpha value is -1.62. The Morgan fingerprint density at radius 2 is 2.04 bits per heavy atom. The lowest BCUT2D eigenvalue weighted by atomic mass is 9.58. The van der Waals surface area contributed by atoms with Crippen LogP contribution in [0.15, 0.2) is 16.9 Å². The van der Waals surface area contributed by atoms with E-state index in [1.807, 2.05) is 10.6 Å². The molecule has 28 heavy (non-hydrogen) atoms. The van der Waals surface area contributed by atoms with Gasteiger partial charge in [-0.3, -0.25) is 9.36 Å². The molecular formula is C22H31ClN4O. The van der Waals surface area contributed by atoms with Crippen molar-refractivity contribution in [2.24, 2.45) is 17.3 Å². The van der Waals surface area contributed by atoms with E-state index in [-0.39, 0.29) is 11.6 Å². The lowest BCUT2D eigenvalue weighted by molar-refractivity contribution is 0.0470. The first-order valence-corrected chi connectivity index (χ1v) is 11.2. The summed E-state index contributed by atoms with van der Waals surface area (Å²) in [5, 5.41) is 3.77. The zero-order valence-corrected chi connectivity index (χ0v) is 17.9. The second kappa shape index (κ2) is 7.66. The molecule has 0 saturated heterocycles. The number of hydrogen-bond acceptors (Lipinski definition) is 4. The quantitative estimate of drug-likeness (QED) is 0.597. The minimum atomic E-state index is -0.0729. The van der Waals surface area contributed by atoms with Crippen LogP contribution in [-0.2, 0) is 0 Å². The minimum absolute atomic E-state index is 0.0729. The van der Waals surface area contributed by atoms with Gasteiger partial charge in [-0.25, -0.2) is 9.97 Å². The summed E-state index contributed by atoms with van der Waals surface area (Å²) in [4.78, 5) is 22.2. The lowest BCUT2D eigenvalue weighted by Gasteiger charge is -2.48. The molecule has 2 aromatic heterocycles. The molecule has 152 valence electrons. The molecular weight excluding hydrogens is 372 g/mol. The van der Waals surface area contributed by atoms with Crippen molar-refractivity contribution in [3.8, 4) is 0 Å². The number of pyridine rings is 1. The van der Waals surface area contributed by atoms with Gasteiger partial charge in [0.15, 0.2) is 11.5 Å². The van der Waals surface area contributed by atoms with Gasteiger partial charge in [-0.1, -0.05) is 38.3 Å². The molecule has 5 nitrogen and oxygen atoms in total. The van der Waals surface area contributed by atoms with E-state index in [0.29, 0.717) is 33.9 Å². The highest BCUT2D eigenvalue weighted by Gasteiger charge is 2.41. The molecule has 2 saturated carbocycles. The molecule has 1 N–H and O–H groups in total. The smallest absolute Gasteiger partial charge is 0.295 e. The van der Waals surface area contributed by atoms with Gasteiger partial charge < -0.3 is 5.32 Å². The van der Waals surface area contributed by atoms with Gasteiger partial charge in [0.05, 0.1) is 0 Å². The van der Waals surface area contributed by atoms with Crippen molar-refractivity contribution in [3.63, 3.8) is 0 Å². The molecule has 0 radical (unpaired) electrons. The predicted molar refractivity (Wildman–Crippen MR) is 115 cm³/mol. The first-order valence-electron chi connectivity index (χ1n) is 10.8. The lowest BCUT2D eigenvalue weighted by Crippen LogP contribution is -2.40. The zero-order chi connectivity index (χ0) is 19.9. The van der Waals surface area contributed by atoms with Gasteiger partial charge in [-0.15, -0.1) is 0 Å². The van der Waals surface area contributed by atoms with Crippen molar-refractivity contribution in [3.05, 3.63) is 27.6 Å². The molecule has 6 heteroatoms. The van der Waals surface area contributed by atoms with Gasteiger partial charge in [0, 0.05) is 12.6 Å². The van der Waals surface area contributed by atoms with Gasteiger partial charge in [-0.2, -0.15) is 0 Å². The van der Waals surface area contributed by atoms with E-state index in [1.54, 1.807) is 6.07 Å². The fourth-order valence-electron chi connectivity index (χ4n) is 5.09. The Labute approximate surface area is 171 Å². The summed E-state index contributed by atoms with van der Waals surface area (Å²) < 4.78 is 1.81. The van der Waals surface area contributed by atoms with E-state index in [2.05, 4.69) is 36.1 Å². The molecule has 2 aliphatic rings. The standard InChI is InChI=1S/C22H31ClN4O/c1-4-10-22(5-2)11-15(12-22)13-24-19-21(28)27(14(3)16-6-7-16)20-17(25-19)8-9-18(23)26-20/h8-9,14-16H,4-7,10-13H2,1-3H3,(H,24,25). The minimum Gasteiger partial charge on any atom is -0.365 e. The highest BCUT2D eigenvalue weighted by atomic mass is 35.5. The van der Waals surface area contributed by atoms with Gasteiger partial charge in [0.1, 0.15) is 10.7 Å². The normalized spacial score (nSPS) is 25.5. The number of rotatable bonds is 8. The van der Waals surface area contributed by atoms with Crippen molar-refractivity contribution in [2.75, 3.05) is 11.9 Å². The van der Waals surface area contributed by atoms with Crippen molar-refractivity contribution >= 4 is 28.6 Å². The van der Waals surface area contributed by atoms with Gasteiger partial charge in [0.2, 0.25) is 0 Å². The fraction of sp³-hybridized carbons (Fsp3) is 0.682. The third-order valence-corrected chi connectivity index (χ3v) is 7.16. The van der Waals surface area contributed by atoms with Crippen LogP contribution >= 0.6 is 11.6 Å². The number of fused-ring (bicyclic) bond motifs is 1. The summed E-state index contributed by atoms with van der Waals surface area (Å²) >= 11 is 6.11. The average molecular weight is 403 g/mol. The highest BCUT2D eigenvalue weighted by molar-refractivity contribution is 6.29. The maximum absolute atomic E-state index is 13.2. The SMILES string of the molecule is CCCC1(CC)CC(CNc2nc3ccc(Cl)nc3n(C(C)C3CC3)c2=O)C1. The van der Waals surface area contributed by atoms with Crippen molar-refractivity contribution in [1.29, 1.82) is 0 Å². The average Bonchev–Trinajstić information content (AvgIpc) is 3.48. The molecule has 0 bridgehead atoms. The van der Waals surface area contributed by atoms with Crippen LogP contribution < -0.4 is 10.9 Å². The van der Waals surface area contributed by atoms with Crippen LogP contribution in [0.25, 0.3) is 11.2 Å². The summed E-state index contributed by atoms with van der Waals surface area (Å²) in [6.45, 7) is 7.50. The van der Waals surface area contributed by atoms with Crippen LogP contribution in [0.5, 0.6) is 0 Å². The second-order valence-corrected chi connectivity index (χ2v) is 9.34. The molecule has 0 amide bonds. The van der Waals surface area contributed by atoms with Crippen LogP contribution in [0.1, 0.15) is 71.8 Å². The molecule has 0 spiro atoms. The Balaban J connectivity index is 1.57. The number of aromatic nitrogens is 3. The molecule has 2 heterocycles. The fourth-order valence-corrected chi connectivity index (χ4v) is 5.24. The molecule has 2 aliphatic carbocycles. The first-order chi connectivity index (χ1) is 13.5. The summed E-state index contributed by atoms with van der Waals surface area (Å²) in [5.41, 5.74) is 1.77. The van der Waals surface area contributed by atoms with Gasteiger partial charge >= 0.3 is 0 Å². The molecule has 0 aromatic carbocycles. The van der Waals surface area contributed by atoms with Crippen LogP contribution in [0, 0.1) is 17.3 Å². The third kappa shape index (κ3) is 3.66. The first kappa shape index (κ1) is 19.7. The summed E-state index contributed by atoms with van der Waals surface area (Å²) in [6.07, 6.45) is 8.65. The number of anilines is 1.